The van der Waals surface area contributed by atoms with E-state index >= 15 is 0 Å². The summed E-state index contributed by atoms with van der Waals surface area (Å²) in [5, 5.41) is 12.8. The Morgan fingerprint density at radius 2 is 2.14 bits per heavy atom. The molecule has 0 bridgehead atoms. The zero-order chi connectivity index (χ0) is 15.6. The lowest BCUT2D eigenvalue weighted by molar-refractivity contribution is -0.274. The van der Waals surface area contributed by atoms with Crippen molar-refractivity contribution < 1.29 is 27.8 Å². The van der Waals surface area contributed by atoms with Crippen molar-refractivity contribution >= 4 is 44.1 Å². The molecule has 0 fully saturated rings. The van der Waals surface area contributed by atoms with Crippen molar-refractivity contribution in [1.82, 2.24) is 4.98 Å². The molecule has 0 atom stereocenters. The summed E-state index contributed by atoms with van der Waals surface area (Å²) < 4.78 is 41.3. The highest BCUT2D eigenvalue weighted by atomic mass is 79.9. The van der Waals surface area contributed by atoms with Gasteiger partial charge in [0.15, 0.2) is 16.6 Å². The molecule has 0 saturated carbocycles. The number of halogens is 4. The summed E-state index contributed by atoms with van der Waals surface area (Å²) in [7, 11) is 0. The van der Waals surface area contributed by atoms with Crippen LogP contribution < -0.4 is 10.1 Å². The average molecular weight is 383 g/mol. The maximum atomic E-state index is 12.3. The molecule has 0 aliphatic rings. The second kappa shape index (κ2) is 5.90. The van der Waals surface area contributed by atoms with Gasteiger partial charge in [0, 0.05) is 9.85 Å². The number of rotatable bonds is 4. The summed E-state index contributed by atoms with van der Waals surface area (Å²) in [5.41, 5.74) is -0.181. The summed E-state index contributed by atoms with van der Waals surface area (Å²) in [4.78, 5) is 14.4. The Bertz CT molecular complexity index is 675. The van der Waals surface area contributed by atoms with E-state index in [2.05, 4.69) is 31.0 Å². The second-order valence-corrected chi connectivity index (χ2v) is 5.43. The smallest absolute Gasteiger partial charge is 0.476 e. The number of aromatic carboxylic acids is 1. The first-order valence-electron chi connectivity index (χ1n) is 5.26. The Kier molecular flexibility index (Phi) is 4.37. The molecular formula is C11H6BrF3N2O3S. The van der Waals surface area contributed by atoms with Crippen LogP contribution in [0.5, 0.6) is 5.75 Å². The number of carbonyl (C=O) groups is 1. The zero-order valence-corrected chi connectivity index (χ0v) is 12.3. The topological polar surface area (TPSA) is 71.5 Å². The molecule has 1 aromatic carbocycles. The molecule has 2 N–H and O–H groups in total. The van der Waals surface area contributed by atoms with Gasteiger partial charge in [-0.25, -0.2) is 9.78 Å². The van der Waals surface area contributed by atoms with E-state index < -0.39 is 18.1 Å². The van der Waals surface area contributed by atoms with Crippen molar-refractivity contribution in [3.05, 3.63) is 33.7 Å². The highest BCUT2D eigenvalue weighted by Crippen LogP contribution is 2.35. The second-order valence-electron chi connectivity index (χ2n) is 3.66. The van der Waals surface area contributed by atoms with Gasteiger partial charge in [-0.3, -0.25) is 0 Å². The minimum absolute atomic E-state index is 0.0156. The van der Waals surface area contributed by atoms with Crippen LogP contribution in [0.2, 0.25) is 0 Å². The average Bonchev–Trinajstić information content (AvgIpc) is 2.79. The van der Waals surface area contributed by atoms with E-state index in [0.717, 1.165) is 17.4 Å². The first-order chi connectivity index (χ1) is 9.74. The van der Waals surface area contributed by atoms with E-state index in [4.69, 9.17) is 5.11 Å². The van der Waals surface area contributed by atoms with Gasteiger partial charge in [0.05, 0.1) is 5.69 Å². The van der Waals surface area contributed by atoms with Crippen LogP contribution in [0.4, 0.5) is 24.0 Å². The Hall–Kier alpha value is -1.81. The van der Waals surface area contributed by atoms with Gasteiger partial charge in [-0.1, -0.05) is 15.9 Å². The van der Waals surface area contributed by atoms with Crippen molar-refractivity contribution in [2.45, 2.75) is 6.36 Å². The standard InChI is InChI=1S/C11H6BrF3N2O3S/c12-5-1-2-6(8(3-5)20-11(13,14)15)16-10-17-7(4-21-10)9(18)19/h1-4H,(H,16,17)(H,18,19). The van der Waals surface area contributed by atoms with Crippen LogP contribution in [0.25, 0.3) is 0 Å². The number of thiazole rings is 1. The van der Waals surface area contributed by atoms with E-state index in [1.54, 1.807) is 0 Å². The number of hydrogen-bond donors (Lipinski definition) is 2. The van der Waals surface area contributed by atoms with E-state index in [0.29, 0.717) is 4.47 Å². The highest BCUT2D eigenvalue weighted by Gasteiger charge is 2.32. The Morgan fingerprint density at radius 1 is 1.43 bits per heavy atom. The number of nitrogens with one attached hydrogen (secondary N) is 1. The third-order valence-electron chi connectivity index (χ3n) is 2.13. The molecule has 112 valence electrons. The molecule has 0 radical (unpaired) electrons. The molecule has 10 heteroatoms. The molecular weight excluding hydrogens is 377 g/mol. The minimum Gasteiger partial charge on any atom is -0.476 e. The van der Waals surface area contributed by atoms with Crippen molar-refractivity contribution in [2.24, 2.45) is 0 Å². The quantitative estimate of drug-likeness (QED) is 0.826. The Labute approximate surface area is 128 Å². The molecule has 0 aliphatic heterocycles. The van der Waals surface area contributed by atoms with E-state index in [9.17, 15) is 18.0 Å². The molecule has 0 saturated heterocycles. The summed E-state index contributed by atoms with van der Waals surface area (Å²) >= 11 is 4.00. The first-order valence-corrected chi connectivity index (χ1v) is 6.93. The van der Waals surface area contributed by atoms with Gasteiger partial charge >= 0.3 is 12.3 Å². The molecule has 5 nitrogen and oxygen atoms in total. The van der Waals surface area contributed by atoms with Crippen molar-refractivity contribution in [3.63, 3.8) is 0 Å². The maximum Gasteiger partial charge on any atom is 0.573 e. The number of carboxylic acids is 1. The van der Waals surface area contributed by atoms with Gasteiger partial charge in [-0.15, -0.1) is 24.5 Å². The number of benzene rings is 1. The van der Waals surface area contributed by atoms with Crippen LogP contribution in [0.15, 0.2) is 28.1 Å². The van der Waals surface area contributed by atoms with Crippen molar-refractivity contribution in [3.8, 4) is 5.75 Å². The molecule has 1 heterocycles. The number of hydrogen-bond acceptors (Lipinski definition) is 5. The molecule has 0 unspecified atom stereocenters. The maximum absolute atomic E-state index is 12.3. The van der Waals surface area contributed by atoms with Gasteiger partial charge in [0.1, 0.15) is 0 Å². The predicted octanol–water partition coefficient (Wildman–Crippen LogP) is 4.25. The molecule has 2 aromatic rings. The lowest BCUT2D eigenvalue weighted by atomic mass is 10.3. The summed E-state index contributed by atoms with van der Waals surface area (Å²) in [6, 6.07) is 4.01. The van der Waals surface area contributed by atoms with Gasteiger partial charge in [0.25, 0.3) is 0 Å². The third kappa shape index (κ3) is 4.33. The summed E-state index contributed by atoms with van der Waals surface area (Å²) in [5.74, 6) is -1.68. The number of alkyl halides is 3. The lowest BCUT2D eigenvalue weighted by Crippen LogP contribution is -2.17. The van der Waals surface area contributed by atoms with Gasteiger partial charge < -0.3 is 15.2 Å². The fourth-order valence-electron chi connectivity index (χ4n) is 1.35. The highest BCUT2D eigenvalue weighted by molar-refractivity contribution is 9.10. The third-order valence-corrected chi connectivity index (χ3v) is 3.39. The number of anilines is 2. The lowest BCUT2D eigenvalue weighted by Gasteiger charge is -2.13. The molecule has 0 spiro atoms. The minimum atomic E-state index is -4.84. The van der Waals surface area contributed by atoms with Crippen LogP contribution in [-0.2, 0) is 0 Å². The fraction of sp³-hybridized carbons (Fsp3) is 0.0909. The largest absolute Gasteiger partial charge is 0.573 e. The SMILES string of the molecule is O=C(O)c1csc(Nc2ccc(Br)cc2OC(F)(F)F)n1. The van der Waals surface area contributed by atoms with Gasteiger partial charge in [-0.2, -0.15) is 0 Å². The molecule has 2 rings (SSSR count). The van der Waals surface area contributed by atoms with Crippen LogP contribution in [-0.4, -0.2) is 22.4 Å². The first kappa shape index (κ1) is 15.6. The van der Waals surface area contributed by atoms with E-state index in [-0.39, 0.29) is 16.5 Å². The molecule has 21 heavy (non-hydrogen) atoms. The monoisotopic (exact) mass is 382 g/mol. The summed E-state index contributed by atoms with van der Waals surface area (Å²) in [6.45, 7) is 0. The zero-order valence-electron chi connectivity index (χ0n) is 9.94. The van der Waals surface area contributed by atoms with Crippen molar-refractivity contribution in [1.29, 1.82) is 0 Å². The molecule has 1 aromatic heterocycles. The number of carboxylic acid groups (broad SMARTS) is 1. The van der Waals surface area contributed by atoms with Crippen molar-refractivity contribution in [2.75, 3.05) is 5.32 Å². The van der Waals surface area contributed by atoms with Crippen LogP contribution in [0, 0.1) is 0 Å². The normalized spacial score (nSPS) is 11.2. The molecule has 0 amide bonds. The van der Waals surface area contributed by atoms with Crippen LogP contribution in [0.1, 0.15) is 10.5 Å². The Balaban J connectivity index is 2.28. The number of nitrogens with zero attached hydrogens (tertiary/aromatic N) is 1. The number of ether oxygens (including phenoxy) is 1. The van der Waals surface area contributed by atoms with Crippen LogP contribution in [0.3, 0.4) is 0 Å². The van der Waals surface area contributed by atoms with E-state index in [1.165, 1.54) is 17.5 Å². The van der Waals surface area contributed by atoms with Gasteiger partial charge in [0.2, 0.25) is 0 Å². The van der Waals surface area contributed by atoms with E-state index in [1.807, 2.05) is 0 Å². The number of aromatic nitrogens is 1. The predicted molar refractivity (Wildman–Crippen MR) is 73.2 cm³/mol. The van der Waals surface area contributed by atoms with Gasteiger partial charge in [-0.05, 0) is 18.2 Å². The fourth-order valence-corrected chi connectivity index (χ4v) is 2.39. The van der Waals surface area contributed by atoms with Crippen LogP contribution >= 0.6 is 27.3 Å². The summed E-state index contributed by atoms with van der Waals surface area (Å²) in [6.07, 6.45) is -4.84. The molecule has 0 aliphatic carbocycles. The Morgan fingerprint density at radius 3 is 2.71 bits per heavy atom.